The van der Waals surface area contributed by atoms with E-state index in [4.69, 9.17) is 0 Å². The minimum atomic E-state index is -0.549. The van der Waals surface area contributed by atoms with E-state index in [0.717, 1.165) is 37.7 Å². The molecule has 7 nitrogen and oxygen atoms in total. The fourth-order valence-electron chi connectivity index (χ4n) is 5.28. The van der Waals surface area contributed by atoms with Crippen molar-refractivity contribution in [1.82, 2.24) is 20.4 Å². The average Bonchev–Trinajstić information content (AvgIpc) is 2.87. The van der Waals surface area contributed by atoms with Crippen LogP contribution in [0.1, 0.15) is 47.2 Å². The molecule has 1 aromatic carbocycles. The molecule has 0 bridgehead atoms. The van der Waals surface area contributed by atoms with Crippen molar-refractivity contribution in [2.45, 2.75) is 50.9 Å². The highest BCUT2D eigenvalue weighted by molar-refractivity contribution is 6.05. The Hall–Kier alpha value is -2.25. The highest BCUT2D eigenvalue weighted by Crippen LogP contribution is 2.35. The van der Waals surface area contributed by atoms with Gasteiger partial charge in [0.15, 0.2) is 0 Å². The number of carbonyl (C=O) groups is 3. The van der Waals surface area contributed by atoms with E-state index in [1.807, 2.05) is 12.1 Å². The van der Waals surface area contributed by atoms with E-state index in [1.54, 1.807) is 4.90 Å². The van der Waals surface area contributed by atoms with Gasteiger partial charge in [0, 0.05) is 37.7 Å². The fraction of sp³-hybridized carbons (Fsp3) is 0.571. The first-order valence-corrected chi connectivity index (χ1v) is 10.3. The first kappa shape index (κ1) is 17.8. The lowest BCUT2D eigenvalue weighted by Crippen LogP contribution is -2.55. The van der Waals surface area contributed by atoms with Crippen molar-refractivity contribution >= 4 is 17.7 Å². The van der Waals surface area contributed by atoms with Crippen LogP contribution in [0.4, 0.5) is 0 Å². The lowest BCUT2D eigenvalue weighted by molar-refractivity contribution is -0.136. The predicted molar refractivity (Wildman–Crippen MR) is 102 cm³/mol. The molecule has 4 aliphatic rings. The van der Waals surface area contributed by atoms with Gasteiger partial charge in [0.05, 0.1) is 0 Å². The molecule has 1 unspecified atom stereocenters. The van der Waals surface area contributed by atoms with E-state index in [2.05, 4.69) is 21.6 Å². The molecule has 1 aromatic rings. The second-order valence-corrected chi connectivity index (χ2v) is 8.43. The topological polar surface area (TPSA) is 81.8 Å². The van der Waals surface area contributed by atoms with Crippen molar-refractivity contribution in [3.05, 3.63) is 34.9 Å². The van der Waals surface area contributed by atoms with E-state index in [0.29, 0.717) is 24.6 Å². The predicted octanol–water partition coefficient (Wildman–Crippen LogP) is 0.631. The molecule has 0 spiro atoms. The Morgan fingerprint density at radius 1 is 1.07 bits per heavy atom. The minimum absolute atomic E-state index is 0.0912. The summed E-state index contributed by atoms with van der Waals surface area (Å²) in [5.41, 5.74) is 2.95. The van der Waals surface area contributed by atoms with Gasteiger partial charge in [-0.05, 0) is 55.5 Å². The van der Waals surface area contributed by atoms with E-state index in [-0.39, 0.29) is 24.1 Å². The molecule has 3 saturated heterocycles. The van der Waals surface area contributed by atoms with Gasteiger partial charge in [-0.1, -0.05) is 12.1 Å². The summed E-state index contributed by atoms with van der Waals surface area (Å²) < 4.78 is 0. The zero-order valence-electron chi connectivity index (χ0n) is 15.9. The number of rotatable bonds is 3. The molecule has 148 valence electrons. The monoisotopic (exact) mass is 382 g/mol. The average molecular weight is 382 g/mol. The Morgan fingerprint density at radius 3 is 2.79 bits per heavy atom. The molecule has 3 atom stereocenters. The van der Waals surface area contributed by atoms with Crippen molar-refractivity contribution in [2.75, 3.05) is 19.6 Å². The normalized spacial score (nSPS) is 30.4. The maximum Gasteiger partial charge on any atom is 0.255 e. The van der Waals surface area contributed by atoms with Gasteiger partial charge in [-0.25, -0.2) is 0 Å². The maximum absolute atomic E-state index is 13.0. The van der Waals surface area contributed by atoms with Crippen LogP contribution in [0, 0.1) is 5.92 Å². The van der Waals surface area contributed by atoms with Crippen molar-refractivity contribution < 1.29 is 14.4 Å². The molecule has 0 saturated carbocycles. The quantitative estimate of drug-likeness (QED) is 0.750. The summed E-state index contributed by atoms with van der Waals surface area (Å²) in [5, 5.41) is 5.86. The summed E-state index contributed by atoms with van der Waals surface area (Å²) in [6.07, 6.45) is 3.12. The van der Waals surface area contributed by atoms with Crippen LogP contribution in [0.3, 0.4) is 0 Å². The number of hydrogen-bond acceptors (Lipinski definition) is 5. The molecule has 3 fully saturated rings. The molecule has 4 heterocycles. The number of fused-ring (bicyclic) bond motifs is 2. The summed E-state index contributed by atoms with van der Waals surface area (Å²) >= 11 is 0. The number of amides is 3. The summed E-state index contributed by atoms with van der Waals surface area (Å²) in [5.74, 6) is 0.0895. The Bertz CT molecular complexity index is 839. The summed E-state index contributed by atoms with van der Waals surface area (Å²) in [6, 6.07) is 6.01. The number of carbonyl (C=O) groups excluding carboxylic acids is 3. The number of benzene rings is 1. The molecule has 0 radical (unpaired) electrons. The maximum atomic E-state index is 13.0. The lowest BCUT2D eigenvalue weighted by Gasteiger charge is -2.48. The molecular weight excluding hydrogens is 356 g/mol. The molecule has 5 rings (SSSR count). The zero-order valence-corrected chi connectivity index (χ0v) is 15.9. The summed E-state index contributed by atoms with van der Waals surface area (Å²) in [7, 11) is 0. The Labute approximate surface area is 164 Å². The molecule has 2 N–H and O–H groups in total. The van der Waals surface area contributed by atoms with Gasteiger partial charge < -0.3 is 10.2 Å². The van der Waals surface area contributed by atoms with Gasteiger partial charge in [-0.15, -0.1) is 0 Å². The third-order valence-corrected chi connectivity index (χ3v) is 6.84. The van der Waals surface area contributed by atoms with Crippen LogP contribution in [-0.4, -0.2) is 59.2 Å². The molecule has 0 aliphatic carbocycles. The molecule has 7 heteroatoms. The van der Waals surface area contributed by atoms with Gasteiger partial charge in [-0.3, -0.25) is 24.6 Å². The van der Waals surface area contributed by atoms with Gasteiger partial charge in [0.25, 0.3) is 5.91 Å². The van der Waals surface area contributed by atoms with Crippen LogP contribution < -0.4 is 10.6 Å². The van der Waals surface area contributed by atoms with Crippen molar-refractivity contribution in [3.63, 3.8) is 0 Å². The third kappa shape index (κ3) is 2.93. The van der Waals surface area contributed by atoms with Crippen molar-refractivity contribution in [3.8, 4) is 0 Å². The second-order valence-electron chi connectivity index (χ2n) is 8.43. The third-order valence-electron chi connectivity index (χ3n) is 6.84. The standard InChI is InChI=1S/C21H26N4O3/c26-19-5-4-18(20(27)23-19)25-12-16-13(2-1-3-15(16)21(25)28)10-24-11-14-6-8-22-9-7-17(14)24/h1-3,14,17-18,22H,4-12H2,(H,23,26,27)/t14-,17-,18?/m1/s1. The zero-order chi connectivity index (χ0) is 19.3. The van der Waals surface area contributed by atoms with Crippen LogP contribution in [0.2, 0.25) is 0 Å². The number of hydrogen-bond donors (Lipinski definition) is 2. The van der Waals surface area contributed by atoms with Crippen LogP contribution in [0.15, 0.2) is 18.2 Å². The van der Waals surface area contributed by atoms with Gasteiger partial charge >= 0.3 is 0 Å². The molecule has 4 aliphatic heterocycles. The Morgan fingerprint density at radius 2 is 1.93 bits per heavy atom. The largest absolute Gasteiger partial charge is 0.322 e. The van der Waals surface area contributed by atoms with Crippen LogP contribution in [0.25, 0.3) is 0 Å². The molecule has 3 amide bonds. The van der Waals surface area contributed by atoms with E-state index in [9.17, 15) is 14.4 Å². The highest BCUT2D eigenvalue weighted by atomic mass is 16.2. The number of imide groups is 1. The minimum Gasteiger partial charge on any atom is -0.322 e. The van der Waals surface area contributed by atoms with E-state index < -0.39 is 6.04 Å². The highest BCUT2D eigenvalue weighted by Gasteiger charge is 2.42. The second kappa shape index (κ2) is 6.97. The fourth-order valence-corrected chi connectivity index (χ4v) is 5.28. The molecular formula is C21H26N4O3. The number of nitrogens with zero attached hydrogens (tertiary/aromatic N) is 2. The molecule has 28 heavy (non-hydrogen) atoms. The summed E-state index contributed by atoms with van der Waals surface area (Å²) in [4.78, 5) is 40.8. The van der Waals surface area contributed by atoms with Crippen molar-refractivity contribution in [2.24, 2.45) is 5.92 Å². The van der Waals surface area contributed by atoms with Crippen LogP contribution >= 0.6 is 0 Å². The number of piperidine rings is 1. The van der Waals surface area contributed by atoms with E-state index in [1.165, 1.54) is 18.4 Å². The summed E-state index contributed by atoms with van der Waals surface area (Å²) in [6.45, 7) is 4.64. The Kier molecular flexibility index (Phi) is 4.44. The van der Waals surface area contributed by atoms with Crippen LogP contribution in [-0.2, 0) is 22.7 Å². The molecule has 0 aromatic heterocycles. The number of nitrogens with one attached hydrogen (secondary N) is 2. The van der Waals surface area contributed by atoms with Gasteiger partial charge in [-0.2, -0.15) is 0 Å². The van der Waals surface area contributed by atoms with E-state index >= 15 is 0 Å². The van der Waals surface area contributed by atoms with Gasteiger partial charge in [0.1, 0.15) is 6.04 Å². The van der Waals surface area contributed by atoms with Crippen molar-refractivity contribution in [1.29, 1.82) is 0 Å². The first-order chi connectivity index (χ1) is 13.6. The Balaban J connectivity index is 1.34. The smallest absolute Gasteiger partial charge is 0.255 e. The lowest BCUT2D eigenvalue weighted by atomic mass is 9.84. The van der Waals surface area contributed by atoms with Crippen LogP contribution in [0.5, 0.6) is 0 Å². The SMILES string of the molecule is O=C1CCC(N2Cc3c(CN4C[C@H]5CCNCC[C@H]54)cccc3C2=O)C(=O)N1. The first-order valence-electron chi connectivity index (χ1n) is 10.3. The van der Waals surface area contributed by atoms with Gasteiger partial charge in [0.2, 0.25) is 11.8 Å². The number of likely N-dealkylation sites (tertiary alicyclic amines) is 1.